The van der Waals surface area contributed by atoms with E-state index in [4.69, 9.17) is 4.42 Å². The Hall–Kier alpha value is -2.05. The Kier molecular flexibility index (Phi) is 3.82. The number of amides is 1. The topological polar surface area (TPSA) is 46.3 Å². The van der Waals surface area contributed by atoms with Crippen LogP contribution < -0.4 is 0 Å². The van der Waals surface area contributed by atoms with Crippen LogP contribution in [0.15, 0.2) is 16.5 Å². The normalized spacial score (nSPS) is 19.3. The molecule has 4 nitrogen and oxygen atoms in total. The van der Waals surface area contributed by atoms with Crippen LogP contribution in [0, 0.1) is 12.8 Å². The molecule has 0 spiro atoms. The van der Waals surface area contributed by atoms with Gasteiger partial charge in [-0.2, -0.15) is 13.2 Å². The quantitative estimate of drug-likeness (QED) is 0.795. The predicted octanol–water partition coefficient (Wildman–Crippen LogP) is 4.03. The molecule has 0 radical (unpaired) electrons. The Balaban J connectivity index is 2.05. The number of aryl methyl sites for hydroxylation is 1. The van der Waals surface area contributed by atoms with Gasteiger partial charge in [-0.05, 0) is 30.9 Å². The van der Waals surface area contributed by atoms with Gasteiger partial charge in [-0.3, -0.25) is 4.79 Å². The number of carbonyl (C=O) groups is 1. The molecule has 124 valence electrons. The number of likely N-dealkylation sites (tertiary alicyclic amines) is 1. The minimum Gasteiger partial charge on any atom is -0.440 e. The van der Waals surface area contributed by atoms with Crippen molar-refractivity contribution in [2.45, 2.75) is 32.9 Å². The first kappa shape index (κ1) is 15.8. The standard InChI is InChI=1S/C16H17F3N2O2/c1-9-4-3-5-21(8-9)15(22)11-6-12(16(17,18)19)14-13(7-11)20-10(2)23-14/h6-7,9H,3-5,8H2,1-2H3/t9-/m1/s1. The second-order valence-electron chi connectivity index (χ2n) is 6.10. The highest BCUT2D eigenvalue weighted by Gasteiger charge is 2.36. The molecule has 1 aliphatic heterocycles. The molecule has 1 aromatic heterocycles. The molecule has 0 N–H and O–H groups in total. The zero-order valence-electron chi connectivity index (χ0n) is 12.9. The summed E-state index contributed by atoms with van der Waals surface area (Å²) in [6.45, 7) is 4.65. The SMILES string of the molecule is Cc1nc2cc(C(=O)N3CCC[C@@H](C)C3)cc(C(F)(F)F)c2o1. The summed E-state index contributed by atoms with van der Waals surface area (Å²) < 4.78 is 44.9. The number of alkyl halides is 3. The number of benzene rings is 1. The maximum Gasteiger partial charge on any atom is 0.420 e. The van der Waals surface area contributed by atoms with Gasteiger partial charge in [-0.25, -0.2) is 4.98 Å². The highest BCUT2D eigenvalue weighted by molar-refractivity contribution is 5.98. The van der Waals surface area contributed by atoms with E-state index in [1.807, 2.05) is 6.92 Å². The number of aromatic nitrogens is 1. The third kappa shape index (κ3) is 3.04. The lowest BCUT2D eigenvalue weighted by Crippen LogP contribution is -2.39. The minimum absolute atomic E-state index is 0.00669. The van der Waals surface area contributed by atoms with E-state index in [2.05, 4.69) is 4.98 Å². The van der Waals surface area contributed by atoms with Gasteiger partial charge < -0.3 is 9.32 Å². The van der Waals surface area contributed by atoms with Crippen molar-refractivity contribution >= 4 is 17.0 Å². The van der Waals surface area contributed by atoms with Crippen molar-refractivity contribution in [2.24, 2.45) is 5.92 Å². The first-order valence-corrected chi connectivity index (χ1v) is 7.53. The average molecular weight is 326 g/mol. The molecular formula is C16H17F3N2O2. The van der Waals surface area contributed by atoms with E-state index in [0.29, 0.717) is 19.0 Å². The Morgan fingerprint density at radius 1 is 1.39 bits per heavy atom. The van der Waals surface area contributed by atoms with Crippen LogP contribution in [0.5, 0.6) is 0 Å². The summed E-state index contributed by atoms with van der Waals surface area (Å²) in [5.74, 6) is 0.110. The molecule has 1 saturated heterocycles. The van der Waals surface area contributed by atoms with Crippen LogP contribution in [0.1, 0.15) is 41.6 Å². The van der Waals surface area contributed by atoms with Crippen molar-refractivity contribution in [2.75, 3.05) is 13.1 Å². The fourth-order valence-corrected chi connectivity index (χ4v) is 3.03. The molecule has 1 fully saturated rings. The molecule has 23 heavy (non-hydrogen) atoms. The molecular weight excluding hydrogens is 309 g/mol. The van der Waals surface area contributed by atoms with Crippen LogP contribution in [0.2, 0.25) is 0 Å². The van der Waals surface area contributed by atoms with Crippen molar-refractivity contribution in [3.8, 4) is 0 Å². The lowest BCUT2D eigenvalue weighted by molar-refractivity contribution is -0.136. The summed E-state index contributed by atoms with van der Waals surface area (Å²) in [6.07, 6.45) is -2.71. The van der Waals surface area contributed by atoms with E-state index >= 15 is 0 Å². The van der Waals surface area contributed by atoms with Gasteiger partial charge in [-0.15, -0.1) is 0 Å². The summed E-state index contributed by atoms with van der Waals surface area (Å²) in [6, 6.07) is 2.25. The molecule has 3 rings (SSSR count). The van der Waals surface area contributed by atoms with Crippen LogP contribution in [-0.4, -0.2) is 28.9 Å². The molecule has 1 aromatic carbocycles. The van der Waals surface area contributed by atoms with E-state index < -0.39 is 11.7 Å². The lowest BCUT2D eigenvalue weighted by Gasteiger charge is -2.31. The average Bonchev–Trinajstić information content (AvgIpc) is 2.84. The second kappa shape index (κ2) is 5.54. The molecule has 0 bridgehead atoms. The van der Waals surface area contributed by atoms with E-state index in [1.165, 1.54) is 13.0 Å². The van der Waals surface area contributed by atoms with Gasteiger partial charge in [0.05, 0.1) is 0 Å². The van der Waals surface area contributed by atoms with Crippen LogP contribution in [-0.2, 0) is 6.18 Å². The van der Waals surface area contributed by atoms with Gasteiger partial charge in [0.15, 0.2) is 11.5 Å². The van der Waals surface area contributed by atoms with Crippen LogP contribution in [0.4, 0.5) is 13.2 Å². The molecule has 1 amide bonds. The van der Waals surface area contributed by atoms with Crippen molar-refractivity contribution in [3.05, 3.63) is 29.2 Å². The molecule has 0 aliphatic carbocycles. The van der Waals surface area contributed by atoms with Crippen molar-refractivity contribution in [1.29, 1.82) is 0 Å². The minimum atomic E-state index is -4.60. The summed E-state index contributed by atoms with van der Waals surface area (Å²) in [5, 5.41) is 0. The van der Waals surface area contributed by atoms with Gasteiger partial charge in [0, 0.05) is 25.6 Å². The van der Waals surface area contributed by atoms with Crippen LogP contribution in [0.3, 0.4) is 0 Å². The number of fused-ring (bicyclic) bond motifs is 1. The van der Waals surface area contributed by atoms with E-state index in [-0.39, 0.29) is 28.5 Å². The molecule has 0 unspecified atom stereocenters. The highest BCUT2D eigenvalue weighted by atomic mass is 19.4. The zero-order valence-corrected chi connectivity index (χ0v) is 12.9. The van der Waals surface area contributed by atoms with Gasteiger partial charge in [0.25, 0.3) is 5.91 Å². The Bertz CT molecular complexity index is 752. The summed E-state index contributed by atoms with van der Waals surface area (Å²) in [5.41, 5.74) is -1.21. The number of nitrogens with zero attached hydrogens (tertiary/aromatic N) is 2. The number of hydrogen-bond acceptors (Lipinski definition) is 3. The van der Waals surface area contributed by atoms with E-state index in [1.54, 1.807) is 4.90 Å². The first-order valence-electron chi connectivity index (χ1n) is 7.53. The fourth-order valence-electron chi connectivity index (χ4n) is 3.03. The maximum atomic E-state index is 13.3. The fraction of sp³-hybridized carbons (Fsp3) is 0.500. The maximum absolute atomic E-state index is 13.3. The smallest absolute Gasteiger partial charge is 0.420 e. The zero-order chi connectivity index (χ0) is 16.8. The van der Waals surface area contributed by atoms with Crippen LogP contribution >= 0.6 is 0 Å². The second-order valence-corrected chi connectivity index (χ2v) is 6.10. The van der Waals surface area contributed by atoms with Gasteiger partial charge in [0.2, 0.25) is 0 Å². The Morgan fingerprint density at radius 2 is 2.13 bits per heavy atom. The van der Waals surface area contributed by atoms with Gasteiger partial charge in [0.1, 0.15) is 11.1 Å². The number of rotatable bonds is 1. The van der Waals surface area contributed by atoms with E-state index in [0.717, 1.165) is 18.9 Å². The third-order valence-electron chi connectivity index (χ3n) is 4.09. The summed E-state index contributed by atoms with van der Waals surface area (Å²) in [7, 11) is 0. The Morgan fingerprint density at radius 3 is 2.78 bits per heavy atom. The number of carbonyl (C=O) groups excluding carboxylic acids is 1. The molecule has 1 atom stereocenters. The number of piperidine rings is 1. The van der Waals surface area contributed by atoms with Crippen molar-refractivity contribution in [1.82, 2.24) is 9.88 Å². The van der Waals surface area contributed by atoms with Crippen molar-refractivity contribution in [3.63, 3.8) is 0 Å². The molecule has 0 saturated carbocycles. The highest BCUT2D eigenvalue weighted by Crippen LogP contribution is 2.36. The van der Waals surface area contributed by atoms with Gasteiger partial charge in [-0.1, -0.05) is 6.92 Å². The monoisotopic (exact) mass is 326 g/mol. The molecule has 2 aromatic rings. The molecule has 7 heteroatoms. The third-order valence-corrected chi connectivity index (χ3v) is 4.09. The summed E-state index contributed by atoms with van der Waals surface area (Å²) >= 11 is 0. The lowest BCUT2D eigenvalue weighted by atomic mass is 9.99. The number of hydrogen-bond donors (Lipinski definition) is 0. The molecule has 1 aliphatic rings. The molecule has 2 heterocycles. The van der Waals surface area contributed by atoms with Crippen molar-refractivity contribution < 1.29 is 22.4 Å². The van der Waals surface area contributed by atoms with Crippen LogP contribution in [0.25, 0.3) is 11.1 Å². The summed E-state index contributed by atoms with van der Waals surface area (Å²) in [4.78, 5) is 18.1. The largest absolute Gasteiger partial charge is 0.440 e. The number of halogens is 3. The van der Waals surface area contributed by atoms with Gasteiger partial charge >= 0.3 is 6.18 Å². The Labute approximate surface area is 131 Å². The number of oxazole rings is 1. The van der Waals surface area contributed by atoms with E-state index in [9.17, 15) is 18.0 Å². The predicted molar refractivity (Wildman–Crippen MR) is 78.0 cm³/mol. The first-order chi connectivity index (χ1) is 10.8.